The van der Waals surface area contributed by atoms with Crippen molar-refractivity contribution in [3.63, 3.8) is 0 Å². The number of hydrogen-bond acceptors (Lipinski definition) is 5. The summed E-state index contributed by atoms with van der Waals surface area (Å²) in [5, 5.41) is 18.9. The molecule has 1 aliphatic rings. The molecule has 0 radical (unpaired) electrons. The maximum atomic E-state index is 14.3. The smallest absolute Gasteiger partial charge is 0.333 e. The van der Waals surface area contributed by atoms with E-state index >= 15 is 0 Å². The van der Waals surface area contributed by atoms with Gasteiger partial charge in [0.05, 0.1) is 6.61 Å². The number of ether oxygens (including phenoxy) is 1. The van der Waals surface area contributed by atoms with Gasteiger partial charge in [-0.1, -0.05) is 64.7 Å². The molecule has 4 atom stereocenters. The van der Waals surface area contributed by atoms with Crippen LogP contribution >= 0.6 is 0 Å². The number of unbranched alkanes of at least 4 members (excludes halogenated alkanes) is 9. The first-order chi connectivity index (χ1) is 14.0. The third-order valence-electron chi connectivity index (χ3n) is 5.58. The summed E-state index contributed by atoms with van der Waals surface area (Å²) in [6, 6.07) is 1.20. The van der Waals surface area contributed by atoms with Crippen LogP contribution in [-0.2, 0) is 11.3 Å². The molecule has 0 aromatic carbocycles. The Labute approximate surface area is 171 Å². The summed E-state index contributed by atoms with van der Waals surface area (Å²) in [5.74, 6) is 0. The minimum Gasteiger partial charge on any atom is -0.394 e. The molecule has 7 nitrogen and oxygen atoms in total. The van der Waals surface area contributed by atoms with Gasteiger partial charge in [0, 0.05) is 18.8 Å². The summed E-state index contributed by atoms with van der Waals surface area (Å²) in [6.45, 7) is 1.93. The average Bonchev–Trinajstić information content (AvgIpc) is 3.00. The van der Waals surface area contributed by atoms with E-state index in [1.54, 1.807) is 0 Å². The summed E-state index contributed by atoms with van der Waals surface area (Å²) >= 11 is 0. The molecular formula is C21H35FN2O5. The monoisotopic (exact) mass is 414 g/mol. The highest BCUT2D eigenvalue weighted by atomic mass is 19.1. The fourth-order valence-corrected chi connectivity index (χ4v) is 3.77. The molecule has 0 aliphatic carbocycles. The SMILES string of the molecule is CCCCCCCCCCCCn1c(=O)ccn([C@@H]2O[C@H](CO)[C@@H](O)[C@H]2F)c1=O. The highest BCUT2D eigenvalue weighted by Gasteiger charge is 2.45. The molecule has 2 N–H and O–H groups in total. The summed E-state index contributed by atoms with van der Waals surface area (Å²) in [6.07, 6.45) is 6.83. The van der Waals surface area contributed by atoms with Crippen LogP contribution in [-0.4, -0.2) is 44.3 Å². The van der Waals surface area contributed by atoms with Crippen LogP contribution in [0.25, 0.3) is 0 Å². The zero-order valence-electron chi connectivity index (χ0n) is 17.3. The van der Waals surface area contributed by atoms with Crippen LogP contribution in [0.15, 0.2) is 21.9 Å². The van der Waals surface area contributed by atoms with E-state index in [1.165, 1.54) is 50.8 Å². The second kappa shape index (κ2) is 12.2. The number of rotatable bonds is 13. The molecule has 1 aromatic rings. The van der Waals surface area contributed by atoms with Crippen molar-refractivity contribution in [3.05, 3.63) is 33.1 Å². The van der Waals surface area contributed by atoms with Gasteiger partial charge < -0.3 is 14.9 Å². The van der Waals surface area contributed by atoms with Crippen LogP contribution in [0.3, 0.4) is 0 Å². The molecule has 1 aliphatic heterocycles. The molecule has 0 unspecified atom stereocenters. The molecule has 1 saturated heterocycles. The lowest BCUT2D eigenvalue weighted by molar-refractivity contribution is -0.0496. The molecule has 0 spiro atoms. The number of aromatic nitrogens is 2. The Kier molecular flexibility index (Phi) is 10.0. The van der Waals surface area contributed by atoms with Crippen molar-refractivity contribution < 1.29 is 19.3 Å². The first kappa shape index (κ1) is 23.8. The van der Waals surface area contributed by atoms with Gasteiger partial charge in [-0.05, 0) is 6.42 Å². The standard InChI is InChI=1S/C21H35FN2O5/c1-2-3-4-5-6-7-8-9-10-11-13-23-17(26)12-14-24(21(23)28)20-18(22)19(27)16(15-25)29-20/h12,14,16,18-20,25,27H,2-11,13,15H2,1H3/t16-,18-,19-,20-/m1/s1. The van der Waals surface area contributed by atoms with E-state index in [-0.39, 0.29) is 6.54 Å². The van der Waals surface area contributed by atoms with Crippen LogP contribution in [0.2, 0.25) is 0 Å². The molecule has 2 heterocycles. The molecule has 166 valence electrons. The molecule has 0 bridgehead atoms. The molecular weight excluding hydrogens is 379 g/mol. The Hall–Kier alpha value is -1.51. The van der Waals surface area contributed by atoms with E-state index < -0.39 is 42.5 Å². The van der Waals surface area contributed by atoms with Crippen LogP contribution < -0.4 is 11.2 Å². The van der Waals surface area contributed by atoms with Crippen LogP contribution in [0, 0.1) is 0 Å². The average molecular weight is 415 g/mol. The van der Waals surface area contributed by atoms with Gasteiger partial charge in [0.15, 0.2) is 12.4 Å². The third-order valence-corrected chi connectivity index (χ3v) is 5.58. The predicted octanol–water partition coefficient (Wildman–Crippen LogP) is 2.52. The van der Waals surface area contributed by atoms with E-state index in [4.69, 9.17) is 9.84 Å². The number of nitrogens with zero attached hydrogens (tertiary/aromatic N) is 2. The van der Waals surface area contributed by atoms with Gasteiger partial charge in [-0.3, -0.25) is 13.9 Å². The van der Waals surface area contributed by atoms with Crippen molar-refractivity contribution in [2.24, 2.45) is 0 Å². The number of aliphatic hydroxyl groups excluding tert-OH is 2. The predicted molar refractivity (Wildman–Crippen MR) is 109 cm³/mol. The molecule has 0 amide bonds. The summed E-state index contributed by atoms with van der Waals surface area (Å²) in [7, 11) is 0. The second-order valence-corrected chi connectivity index (χ2v) is 7.86. The number of alkyl halides is 1. The molecule has 0 saturated carbocycles. The molecule has 1 aromatic heterocycles. The van der Waals surface area contributed by atoms with Crippen LogP contribution in [0.5, 0.6) is 0 Å². The maximum absolute atomic E-state index is 14.3. The van der Waals surface area contributed by atoms with Crippen LogP contribution in [0.1, 0.15) is 77.4 Å². The van der Waals surface area contributed by atoms with Gasteiger partial charge in [0.2, 0.25) is 0 Å². The Morgan fingerprint density at radius 3 is 2.17 bits per heavy atom. The number of aliphatic hydroxyl groups is 2. The molecule has 8 heteroatoms. The Morgan fingerprint density at radius 2 is 1.62 bits per heavy atom. The largest absolute Gasteiger partial charge is 0.394 e. The zero-order valence-corrected chi connectivity index (χ0v) is 17.3. The van der Waals surface area contributed by atoms with Crippen LogP contribution in [0.4, 0.5) is 4.39 Å². The summed E-state index contributed by atoms with van der Waals surface area (Å²) in [4.78, 5) is 24.7. The molecule has 2 rings (SSSR count). The van der Waals surface area contributed by atoms with E-state index in [0.717, 1.165) is 28.4 Å². The fourth-order valence-electron chi connectivity index (χ4n) is 3.77. The van der Waals surface area contributed by atoms with Crippen molar-refractivity contribution in [2.75, 3.05) is 6.61 Å². The van der Waals surface area contributed by atoms with Crippen molar-refractivity contribution in [3.8, 4) is 0 Å². The van der Waals surface area contributed by atoms with E-state index in [1.807, 2.05) is 0 Å². The highest BCUT2D eigenvalue weighted by molar-refractivity contribution is 4.94. The lowest BCUT2D eigenvalue weighted by Gasteiger charge is -2.17. The first-order valence-electron chi connectivity index (χ1n) is 10.9. The van der Waals surface area contributed by atoms with E-state index in [2.05, 4.69) is 6.92 Å². The van der Waals surface area contributed by atoms with Gasteiger partial charge in [0.1, 0.15) is 12.2 Å². The Bertz CT molecular complexity index is 720. The minimum absolute atomic E-state index is 0.269. The van der Waals surface area contributed by atoms with Gasteiger partial charge in [0.25, 0.3) is 5.56 Å². The van der Waals surface area contributed by atoms with Crippen molar-refractivity contribution >= 4 is 0 Å². The minimum atomic E-state index is -1.85. The van der Waals surface area contributed by atoms with Gasteiger partial charge >= 0.3 is 5.69 Å². The third kappa shape index (κ3) is 6.49. The van der Waals surface area contributed by atoms with Crippen molar-refractivity contribution in [2.45, 2.75) is 102 Å². The van der Waals surface area contributed by atoms with Gasteiger partial charge in [-0.15, -0.1) is 0 Å². The highest BCUT2D eigenvalue weighted by Crippen LogP contribution is 2.30. The maximum Gasteiger partial charge on any atom is 0.333 e. The van der Waals surface area contributed by atoms with Gasteiger partial charge in [-0.2, -0.15) is 0 Å². The molecule has 29 heavy (non-hydrogen) atoms. The topological polar surface area (TPSA) is 93.7 Å². The normalized spacial score (nSPS) is 24.3. The quantitative estimate of drug-likeness (QED) is 0.484. The summed E-state index contributed by atoms with van der Waals surface area (Å²) < 4.78 is 21.7. The number of hydrogen-bond donors (Lipinski definition) is 2. The van der Waals surface area contributed by atoms with Crippen molar-refractivity contribution in [1.29, 1.82) is 0 Å². The fraction of sp³-hybridized carbons (Fsp3) is 0.810. The van der Waals surface area contributed by atoms with E-state index in [0.29, 0.717) is 6.42 Å². The van der Waals surface area contributed by atoms with E-state index in [9.17, 15) is 19.1 Å². The Morgan fingerprint density at radius 1 is 1.03 bits per heavy atom. The van der Waals surface area contributed by atoms with Gasteiger partial charge in [-0.25, -0.2) is 9.18 Å². The summed E-state index contributed by atoms with van der Waals surface area (Å²) in [5.41, 5.74) is -1.10. The van der Waals surface area contributed by atoms with Crippen molar-refractivity contribution in [1.82, 2.24) is 9.13 Å². The first-order valence-corrected chi connectivity index (χ1v) is 10.9. The second-order valence-electron chi connectivity index (χ2n) is 7.86. The lowest BCUT2D eigenvalue weighted by atomic mass is 10.1. The Balaban J connectivity index is 1.84. The zero-order chi connectivity index (χ0) is 21.2. The molecule has 1 fully saturated rings. The lowest BCUT2D eigenvalue weighted by Crippen LogP contribution is -2.42. The number of halogens is 1.